The van der Waals surface area contributed by atoms with Crippen molar-refractivity contribution in [3.63, 3.8) is 0 Å². The smallest absolute Gasteiger partial charge is 0.326 e. The fraction of sp³-hybridized carbons (Fsp3) is 0.286. The Morgan fingerprint density at radius 3 is 2.67 bits per heavy atom. The van der Waals surface area contributed by atoms with Crippen LogP contribution in [0.3, 0.4) is 0 Å². The summed E-state index contributed by atoms with van der Waals surface area (Å²) in [6, 6.07) is 5.01. The Kier molecular flexibility index (Phi) is 6.06. The Bertz CT molecular complexity index is 568. The summed E-state index contributed by atoms with van der Waals surface area (Å²) < 4.78 is 0. The zero-order valence-corrected chi connectivity index (χ0v) is 11.5. The lowest BCUT2D eigenvalue weighted by atomic mass is 10.1. The zero-order valence-electron chi connectivity index (χ0n) is 11.5. The van der Waals surface area contributed by atoms with Crippen molar-refractivity contribution in [2.75, 3.05) is 0 Å². The lowest BCUT2D eigenvalue weighted by molar-refractivity contribution is -0.385. The lowest BCUT2D eigenvalue weighted by Gasteiger charge is -2.11. The van der Waals surface area contributed by atoms with Gasteiger partial charge < -0.3 is 10.4 Å². The van der Waals surface area contributed by atoms with Gasteiger partial charge in [-0.05, 0) is 18.6 Å². The molecule has 7 heteroatoms. The van der Waals surface area contributed by atoms with Crippen LogP contribution in [0.4, 0.5) is 5.69 Å². The SMILES string of the molecule is CCC[C@H](NC(=O)/C=C/c1ccccc1[N+](=O)[O-])C(=O)O. The van der Waals surface area contributed by atoms with E-state index < -0.39 is 22.8 Å². The van der Waals surface area contributed by atoms with E-state index in [4.69, 9.17) is 5.11 Å². The van der Waals surface area contributed by atoms with Crippen molar-refractivity contribution in [1.82, 2.24) is 5.32 Å². The van der Waals surface area contributed by atoms with E-state index in [0.717, 1.165) is 6.08 Å². The number of nitro groups is 1. The number of benzene rings is 1. The monoisotopic (exact) mass is 292 g/mol. The van der Waals surface area contributed by atoms with Crippen molar-refractivity contribution in [3.8, 4) is 0 Å². The largest absolute Gasteiger partial charge is 0.480 e. The molecule has 2 N–H and O–H groups in total. The number of amides is 1. The Balaban J connectivity index is 2.79. The molecule has 0 bridgehead atoms. The number of carboxylic acids is 1. The van der Waals surface area contributed by atoms with E-state index in [0.29, 0.717) is 12.8 Å². The fourth-order valence-electron chi connectivity index (χ4n) is 1.73. The van der Waals surface area contributed by atoms with E-state index in [-0.39, 0.29) is 11.3 Å². The third-order valence-electron chi connectivity index (χ3n) is 2.74. The molecule has 0 radical (unpaired) electrons. The van der Waals surface area contributed by atoms with Gasteiger partial charge in [0.25, 0.3) is 5.69 Å². The molecule has 7 nitrogen and oxygen atoms in total. The molecule has 0 saturated heterocycles. The van der Waals surface area contributed by atoms with Gasteiger partial charge in [0.05, 0.1) is 10.5 Å². The Morgan fingerprint density at radius 1 is 1.43 bits per heavy atom. The van der Waals surface area contributed by atoms with Crippen LogP contribution in [-0.2, 0) is 9.59 Å². The molecule has 1 rings (SSSR count). The zero-order chi connectivity index (χ0) is 15.8. The number of carboxylic acid groups (broad SMARTS) is 1. The average Bonchev–Trinajstić information content (AvgIpc) is 2.44. The maximum atomic E-state index is 11.7. The number of nitrogens with one attached hydrogen (secondary N) is 1. The topological polar surface area (TPSA) is 110 Å². The van der Waals surface area contributed by atoms with Crippen LogP contribution in [-0.4, -0.2) is 27.9 Å². The quantitative estimate of drug-likeness (QED) is 0.453. The molecule has 1 aromatic rings. The van der Waals surface area contributed by atoms with E-state index in [1.54, 1.807) is 6.07 Å². The first-order chi connectivity index (χ1) is 9.95. The molecule has 0 fully saturated rings. The number of hydrogen-bond acceptors (Lipinski definition) is 4. The first-order valence-electron chi connectivity index (χ1n) is 6.40. The van der Waals surface area contributed by atoms with Crippen LogP contribution >= 0.6 is 0 Å². The van der Waals surface area contributed by atoms with Gasteiger partial charge in [0.1, 0.15) is 6.04 Å². The normalized spacial score (nSPS) is 12.0. The maximum Gasteiger partial charge on any atom is 0.326 e. The summed E-state index contributed by atoms with van der Waals surface area (Å²) in [4.78, 5) is 32.8. The summed E-state index contributed by atoms with van der Waals surface area (Å²) >= 11 is 0. The number of hydrogen-bond donors (Lipinski definition) is 2. The average molecular weight is 292 g/mol. The maximum absolute atomic E-state index is 11.7. The molecule has 1 atom stereocenters. The standard InChI is InChI=1S/C14H16N2O5/c1-2-5-11(14(18)19)15-13(17)9-8-10-6-3-4-7-12(10)16(20)21/h3-4,6-9,11H,2,5H2,1H3,(H,15,17)(H,18,19)/b9-8+/t11-/m0/s1. The predicted molar refractivity (Wildman–Crippen MR) is 76.6 cm³/mol. The molecule has 0 heterocycles. The van der Waals surface area contributed by atoms with Crippen LogP contribution in [0, 0.1) is 10.1 Å². The minimum atomic E-state index is -1.11. The van der Waals surface area contributed by atoms with Gasteiger partial charge in [-0.2, -0.15) is 0 Å². The molecular weight excluding hydrogens is 276 g/mol. The summed E-state index contributed by atoms with van der Waals surface area (Å²) in [5, 5.41) is 22.1. The number of carbonyl (C=O) groups is 2. The molecule has 21 heavy (non-hydrogen) atoms. The van der Waals surface area contributed by atoms with Crippen LogP contribution in [0.1, 0.15) is 25.3 Å². The molecule has 1 aromatic carbocycles. The number of nitrogens with zero attached hydrogens (tertiary/aromatic N) is 1. The molecular formula is C14H16N2O5. The Morgan fingerprint density at radius 2 is 2.10 bits per heavy atom. The minimum Gasteiger partial charge on any atom is -0.480 e. The number of carbonyl (C=O) groups excluding carboxylic acids is 1. The highest BCUT2D eigenvalue weighted by molar-refractivity contribution is 5.94. The first kappa shape index (κ1) is 16.4. The van der Waals surface area contributed by atoms with Crippen molar-refractivity contribution < 1.29 is 19.6 Å². The highest BCUT2D eigenvalue weighted by Gasteiger charge is 2.17. The van der Waals surface area contributed by atoms with Gasteiger partial charge in [0.2, 0.25) is 5.91 Å². The summed E-state index contributed by atoms with van der Waals surface area (Å²) in [6.45, 7) is 1.81. The molecule has 0 saturated carbocycles. The summed E-state index contributed by atoms with van der Waals surface area (Å²) in [6.07, 6.45) is 3.32. The van der Waals surface area contributed by atoms with E-state index in [2.05, 4.69) is 5.32 Å². The van der Waals surface area contributed by atoms with Crippen LogP contribution in [0.2, 0.25) is 0 Å². The van der Waals surface area contributed by atoms with Gasteiger partial charge in [-0.15, -0.1) is 0 Å². The van der Waals surface area contributed by atoms with E-state index >= 15 is 0 Å². The van der Waals surface area contributed by atoms with Crippen LogP contribution in [0.25, 0.3) is 6.08 Å². The van der Waals surface area contributed by atoms with Gasteiger partial charge in [-0.25, -0.2) is 4.79 Å². The molecule has 0 aliphatic rings. The van der Waals surface area contributed by atoms with E-state index in [1.807, 2.05) is 6.92 Å². The second-order valence-electron chi connectivity index (χ2n) is 4.34. The first-order valence-corrected chi connectivity index (χ1v) is 6.40. The second-order valence-corrected chi connectivity index (χ2v) is 4.34. The summed E-state index contributed by atoms with van der Waals surface area (Å²) in [7, 11) is 0. The molecule has 0 spiro atoms. The molecule has 0 aliphatic carbocycles. The molecule has 1 amide bonds. The van der Waals surface area contributed by atoms with Crippen LogP contribution in [0.15, 0.2) is 30.3 Å². The highest BCUT2D eigenvalue weighted by atomic mass is 16.6. The fourth-order valence-corrected chi connectivity index (χ4v) is 1.73. The third-order valence-corrected chi connectivity index (χ3v) is 2.74. The van der Waals surface area contributed by atoms with Crippen molar-refractivity contribution in [1.29, 1.82) is 0 Å². The lowest BCUT2D eigenvalue weighted by Crippen LogP contribution is -2.39. The highest BCUT2D eigenvalue weighted by Crippen LogP contribution is 2.18. The van der Waals surface area contributed by atoms with Crippen LogP contribution in [0.5, 0.6) is 0 Å². The van der Waals surface area contributed by atoms with Gasteiger partial charge >= 0.3 is 5.97 Å². The number of aliphatic carboxylic acids is 1. The van der Waals surface area contributed by atoms with Gasteiger partial charge in [-0.3, -0.25) is 14.9 Å². The Labute approximate surface area is 121 Å². The van der Waals surface area contributed by atoms with Gasteiger partial charge in [0, 0.05) is 12.1 Å². The number of rotatable bonds is 7. The summed E-state index contributed by atoms with van der Waals surface area (Å²) in [5.41, 5.74) is 0.157. The van der Waals surface area contributed by atoms with Gasteiger partial charge in [-0.1, -0.05) is 25.5 Å². The predicted octanol–water partition coefficient (Wildman–Crippen LogP) is 1.98. The van der Waals surface area contributed by atoms with Gasteiger partial charge in [0.15, 0.2) is 0 Å². The molecule has 0 unspecified atom stereocenters. The van der Waals surface area contributed by atoms with E-state index in [1.165, 1.54) is 24.3 Å². The van der Waals surface area contributed by atoms with Crippen molar-refractivity contribution >= 4 is 23.6 Å². The number of para-hydroxylation sites is 1. The minimum absolute atomic E-state index is 0.120. The second kappa shape index (κ2) is 7.78. The molecule has 112 valence electrons. The summed E-state index contributed by atoms with van der Waals surface area (Å²) in [5.74, 6) is -1.71. The van der Waals surface area contributed by atoms with E-state index in [9.17, 15) is 19.7 Å². The molecule has 0 aromatic heterocycles. The van der Waals surface area contributed by atoms with Crippen molar-refractivity contribution in [2.45, 2.75) is 25.8 Å². The van der Waals surface area contributed by atoms with Crippen molar-refractivity contribution in [3.05, 3.63) is 46.0 Å². The molecule has 0 aliphatic heterocycles. The Hall–Kier alpha value is -2.70. The van der Waals surface area contributed by atoms with Crippen LogP contribution < -0.4 is 5.32 Å². The van der Waals surface area contributed by atoms with Crippen molar-refractivity contribution in [2.24, 2.45) is 0 Å². The number of nitro benzene ring substituents is 1. The third kappa shape index (κ3) is 5.06.